The van der Waals surface area contributed by atoms with Gasteiger partial charge in [-0.3, -0.25) is 4.79 Å². The van der Waals surface area contributed by atoms with Gasteiger partial charge in [-0.1, -0.05) is 0 Å². The molecule has 3 heteroatoms. The molecule has 0 radical (unpaired) electrons. The van der Waals surface area contributed by atoms with E-state index in [2.05, 4.69) is 5.32 Å². The van der Waals surface area contributed by atoms with E-state index in [0.29, 0.717) is 6.04 Å². The topological polar surface area (TPSA) is 38.3 Å². The molecule has 0 saturated heterocycles. The van der Waals surface area contributed by atoms with Crippen LogP contribution in [-0.4, -0.2) is 23.7 Å². The number of rotatable bonds is 3. The summed E-state index contributed by atoms with van der Waals surface area (Å²) in [6.07, 6.45) is 1.89. The molecular weight excluding hydrogens is 166 g/mol. The van der Waals surface area contributed by atoms with E-state index >= 15 is 0 Å². The Labute approximate surface area is 79.8 Å². The molecule has 1 saturated carbocycles. The van der Waals surface area contributed by atoms with Gasteiger partial charge >= 0.3 is 0 Å². The Hall–Kier alpha value is -0.570. The van der Waals surface area contributed by atoms with E-state index in [4.69, 9.17) is 4.74 Å². The summed E-state index contributed by atoms with van der Waals surface area (Å²) in [5.74, 6) is 0.0115. The average Bonchev–Trinajstić information content (AvgIpc) is 2.67. The minimum atomic E-state index is -0.347. The summed E-state index contributed by atoms with van der Waals surface area (Å²) in [6, 6.07) is 0.415. The fourth-order valence-electron chi connectivity index (χ4n) is 1.13. The Kier molecular flexibility index (Phi) is 2.96. The van der Waals surface area contributed by atoms with Crippen LogP contribution in [0.1, 0.15) is 40.5 Å². The first-order valence-electron chi connectivity index (χ1n) is 4.87. The molecule has 0 aliphatic heterocycles. The summed E-state index contributed by atoms with van der Waals surface area (Å²) >= 11 is 0. The van der Waals surface area contributed by atoms with Crippen molar-refractivity contribution in [1.29, 1.82) is 0 Å². The Balaban J connectivity index is 2.28. The second kappa shape index (κ2) is 3.66. The molecular formula is C10H19NO2. The first-order valence-corrected chi connectivity index (χ1v) is 4.87. The maximum Gasteiger partial charge on any atom is 0.249 e. The first-order chi connectivity index (χ1) is 5.88. The maximum atomic E-state index is 11.4. The van der Waals surface area contributed by atoms with Crippen molar-refractivity contribution in [3.8, 4) is 0 Å². The van der Waals surface area contributed by atoms with Crippen molar-refractivity contribution >= 4 is 5.91 Å². The molecule has 1 unspecified atom stereocenters. The number of amides is 1. The number of hydrogen-bond acceptors (Lipinski definition) is 2. The molecule has 1 aliphatic carbocycles. The summed E-state index contributed by atoms with van der Waals surface area (Å²) in [5, 5.41) is 2.91. The van der Waals surface area contributed by atoms with Gasteiger partial charge in [0.05, 0.1) is 5.60 Å². The van der Waals surface area contributed by atoms with Gasteiger partial charge in [0.1, 0.15) is 6.10 Å². The highest BCUT2D eigenvalue weighted by atomic mass is 16.5. The van der Waals surface area contributed by atoms with Crippen LogP contribution in [0.25, 0.3) is 0 Å². The highest BCUT2D eigenvalue weighted by Crippen LogP contribution is 2.19. The van der Waals surface area contributed by atoms with Crippen molar-refractivity contribution < 1.29 is 9.53 Å². The van der Waals surface area contributed by atoms with Crippen LogP contribution in [0.2, 0.25) is 0 Å². The largest absolute Gasteiger partial charge is 0.363 e. The SMILES string of the molecule is CC(OC(C)(C)C)C(=O)NC1CC1. The molecule has 0 aromatic heterocycles. The highest BCUT2D eigenvalue weighted by molar-refractivity contribution is 5.80. The van der Waals surface area contributed by atoms with Crippen molar-refractivity contribution in [3.63, 3.8) is 0 Å². The predicted molar refractivity (Wildman–Crippen MR) is 51.5 cm³/mol. The summed E-state index contributed by atoms with van der Waals surface area (Å²) in [4.78, 5) is 11.4. The second-order valence-corrected chi connectivity index (χ2v) is 4.66. The number of carbonyl (C=O) groups excluding carboxylic acids is 1. The van der Waals surface area contributed by atoms with Crippen molar-refractivity contribution in [2.45, 2.75) is 58.3 Å². The quantitative estimate of drug-likeness (QED) is 0.723. The Morgan fingerprint density at radius 2 is 2.00 bits per heavy atom. The zero-order chi connectivity index (χ0) is 10.1. The molecule has 0 spiro atoms. The lowest BCUT2D eigenvalue weighted by atomic mass is 10.2. The van der Waals surface area contributed by atoms with Gasteiger partial charge in [0.25, 0.3) is 0 Å². The van der Waals surface area contributed by atoms with Gasteiger partial charge in [-0.25, -0.2) is 0 Å². The van der Waals surface area contributed by atoms with Gasteiger partial charge in [0.2, 0.25) is 5.91 Å². The maximum absolute atomic E-state index is 11.4. The first kappa shape index (κ1) is 10.5. The van der Waals surface area contributed by atoms with E-state index in [9.17, 15) is 4.79 Å². The van der Waals surface area contributed by atoms with Crippen LogP contribution in [0.4, 0.5) is 0 Å². The second-order valence-electron chi connectivity index (χ2n) is 4.66. The van der Waals surface area contributed by atoms with Crippen LogP contribution in [0.15, 0.2) is 0 Å². The van der Waals surface area contributed by atoms with Crippen molar-refractivity contribution in [3.05, 3.63) is 0 Å². The van der Waals surface area contributed by atoms with Crippen LogP contribution in [0, 0.1) is 0 Å². The lowest BCUT2D eigenvalue weighted by Gasteiger charge is -2.24. The lowest BCUT2D eigenvalue weighted by Crippen LogP contribution is -2.39. The summed E-state index contributed by atoms with van der Waals surface area (Å²) in [7, 11) is 0. The van der Waals surface area contributed by atoms with Crippen LogP contribution in [-0.2, 0) is 9.53 Å². The van der Waals surface area contributed by atoms with E-state index < -0.39 is 0 Å². The van der Waals surface area contributed by atoms with Crippen LogP contribution in [0.5, 0.6) is 0 Å². The minimum absolute atomic E-state index is 0.0115. The van der Waals surface area contributed by atoms with E-state index in [1.807, 2.05) is 20.8 Å². The molecule has 1 rings (SSSR count). The molecule has 76 valence electrons. The number of carbonyl (C=O) groups is 1. The average molecular weight is 185 g/mol. The van der Waals surface area contributed by atoms with Crippen molar-refractivity contribution in [2.24, 2.45) is 0 Å². The predicted octanol–water partition coefficient (Wildman–Crippen LogP) is 1.47. The Morgan fingerprint density at radius 3 is 2.38 bits per heavy atom. The third-order valence-electron chi connectivity index (χ3n) is 1.82. The van der Waals surface area contributed by atoms with Crippen molar-refractivity contribution in [1.82, 2.24) is 5.32 Å². The Bertz CT molecular complexity index is 192. The molecule has 1 aliphatic rings. The third-order valence-corrected chi connectivity index (χ3v) is 1.82. The molecule has 0 aromatic carbocycles. The molecule has 0 bridgehead atoms. The van der Waals surface area contributed by atoms with Gasteiger partial charge < -0.3 is 10.1 Å². The fraction of sp³-hybridized carbons (Fsp3) is 0.900. The van der Waals surface area contributed by atoms with E-state index in [0.717, 1.165) is 12.8 Å². The fourth-order valence-corrected chi connectivity index (χ4v) is 1.13. The van der Waals surface area contributed by atoms with Gasteiger partial charge in [-0.15, -0.1) is 0 Å². The lowest BCUT2D eigenvalue weighted by molar-refractivity contribution is -0.140. The van der Waals surface area contributed by atoms with Gasteiger partial charge in [-0.05, 0) is 40.5 Å². The molecule has 1 N–H and O–H groups in total. The van der Waals surface area contributed by atoms with Crippen molar-refractivity contribution in [2.75, 3.05) is 0 Å². The zero-order valence-corrected chi connectivity index (χ0v) is 8.89. The Morgan fingerprint density at radius 1 is 1.46 bits per heavy atom. The monoisotopic (exact) mass is 185 g/mol. The minimum Gasteiger partial charge on any atom is -0.363 e. The molecule has 3 nitrogen and oxygen atoms in total. The summed E-state index contributed by atoms with van der Waals surface area (Å²) < 4.78 is 5.52. The van der Waals surface area contributed by atoms with E-state index in [1.165, 1.54) is 0 Å². The molecule has 1 atom stereocenters. The molecule has 1 fully saturated rings. The molecule has 0 aromatic rings. The van der Waals surface area contributed by atoms with Gasteiger partial charge in [0.15, 0.2) is 0 Å². The van der Waals surface area contributed by atoms with Crippen LogP contribution in [0.3, 0.4) is 0 Å². The van der Waals surface area contributed by atoms with Crippen LogP contribution < -0.4 is 5.32 Å². The number of hydrogen-bond donors (Lipinski definition) is 1. The summed E-state index contributed by atoms with van der Waals surface area (Å²) in [5.41, 5.74) is -0.250. The van der Waals surface area contributed by atoms with E-state index in [-0.39, 0.29) is 17.6 Å². The van der Waals surface area contributed by atoms with Crippen LogP contribution >= 0.6 is 0 Å². The third kappa shape index (κ3) is 4.27. The summed E-state index contributed by atoms with van der Waals surface area (Å²) in [6.45, 7) is 7.65. The zero-order valence-electron chi connectivity index (χ0n) is 8.89. The molecule has 1 amide bonds. The number of nitrogens with one attached hydrogen (secondary N) is 1. The van der Waals surface area contributed by atoms with Gasteiger partial charge in [0, 0.05) is 6.04 Å². The molecule has 0 heterocycles. The normalized spacial score (nSPS) is 19.7. The van der Waals surface area contributed by atoms with E-state index in [1.54, 1.807) is 6.92 Å². The number of ether oxygens (including phenoxy) is 1. The smallest absolute Gasteiger partial charge is 0.249 e. The standard InChI is InChI=1S/C10H19NO2/c1-7(13-10(2,3)4)9(12)11-8-5-6-8/h7-8H,5-6H2,1-4H3,(H,11,12). The molecule has 13 heavy (non-hydrogen) atoms. The van der Waals surface area contributed by atoms with Gasteiger partial charge in [-0.2, -0.15) is 0 Å². The highest BCUT2D eigenvalue weighted by Gasteiger charge is 2.27.